The third-order valence-corrected chi connectivity index (χ3v) is 4.53. The molecule has 0 aliphatic heterocycles. The molecule has 0 saturated carbocycles. The Kier molecular flexibility index (Phi) is 6.47. The molecule has 0 bridgehead atoms. The number of benzene rings is 1. The Bertz CT molecular complexity index is 709. The molecule has 25 heavy (non-hydrogen) atoms. The summed E-state index contributed by atoms with van der Waals surface area (Å²) < 4.78 is 19.0. The maximum absolute atomic E-state index is 13.3. The van der Waals surface area contributed by atoms with Gasteiger partial charge in [0.25, 0.3) is 0 Å². The van der Waals surface area contributed by atoms with Crippen molar-refractivity contribution >= 4 is 5.91 Å². The zero-order valence-electron chi connectivity index (χ0n) is 14.6. The van der Waals surface area contributed by atoms with Gasteiger partial charge >= 0.3 is 0 Å². The monoisotopic (exact) mass is 345 g/mol. The number of carbonyl (C=O) groups excluding carboxylic acids is 1. The topological polar surface area (TPSA) is 77.2 Å². The molecule has 0 radical (unpaired) electrons. The molecular formula is C19H24FN3O2. The predicted octanol–water partition coefficient (Wildman–Crippen LogP) is 3.39. The number of aromatic nitrogens is 1. The highest BCUT2D eigenvalue weighted by Gasteiger charge is 2.33. The first-order valence-electron chi connectivity index (χ1n) is 8.40. The molecule has 0 aliphatic rings. The summed E-state index contributed by atoms with van der Waals surface area (Å²) in [5.74, 6) is 0.215. The number of halogens is 1. The van der Waals surface area contributed by atoms with Crippen molar-refractivity contribution in [3.63, 3.8) is 0 Å². The molecular weight excluding hydrogens is 321 g/mol. The minimum absolute atomic E-state index is 0.0828. The number of nitrogens with zero attached hydrogens (tertiary/aromatic N) is 1. The van der Waals surface area contributed by atoms with Crippen LogP contribution in [0.15, 0.2) is 42.6 Å². The van der Waals surface area contributed by atoms with Gasteiger partial charge < -0.3 is 15.8 Å². The Morgan fingerprint density at radius 2 is 2.04 bits per heavy atom. The van der Waals surface area contributed by atoms with Crippen LogP contribution in [0.2, 0.25) is 0 Å². The van der Waals surface area contributed by atoms with Crippen LogP contribution >= 0.6 is 0 Å². The maximum atomic E-state index is 13.3. The first-order valence-corrected chi connectivity index (χ1v) is 8.40. The van der Waals surface area contributed by atoms with E-state index in [1.807, 2.05) is 19.9 Å². The van der Waals surface area contributed by atoms with Crippen molar-refractivity contribution in [1.29, 1.82) is 0 Å². The molecule has 0 saturated heterocycles. The van der Waals surface area contributed by atoms with Crippen molar-refractivity contribution in [1.82, 2.24) is 10.3 Å². The Labute approximate surface area is 147 Å². The molecule has 0 fully saturated rings. The number of nitrogens with one attached hydrogen (secondary N) is 1. The second kappa shape index (κ2) is 8.58. The van der Waals surface area contributed by atoms with Crippen LogP contribution in [0.5, 0.6) is 11.6 Å². The molecule has 0 unspecified atom stereocenters. The van der Waals surface area contributed by atoms with E-state index in [1.54, 1.807) is 24.4 Å². The van der Waals surface area contributed by atoms with E-state index in [-0.39, 0.29) is 18.3 Å². The summed E-state index contributed by atoms with van der Waals surface area (Å²) in [5, 5.41) is 2.92. The molecule has 6 heteroatoms. The summed E-state index contributed by atoms with van der Waals surface area (Å²) in [6.45, 7) is 4.47. The largest absolute Gasteiger partial charge is 0.439 e. The predicted molar refractivity (Wildman–Crippen MR) is 94.6 cm³/mol. The second-order valence-corrected chi connectivity index (χ2v) is 5.90. The van der Waals surface area contributed by atoms with Crippen LogP contribution in [-0.2, 0) is 11.3 Å². The highest BCUT2D eigenvalue weighted by atomic mass is 19.1. The average Bonchev–Trinajstić information content (AvgIpc) is 2.63. The molecule has 1 aromatic carbocycles. The van der Waals surface area contributed by atoms with Crippen LogP contribution in [-0.4, -0.2) is 17.4 Å². The van der Waals surface area contributed by atoms with Crippen molar-refractivity contribution in [2.24, 2.45) is 11.1 Å². The van der Waals surface area contributed by atoms with Crippen LogP contribution < -0.4 is 15.8 Å². The summed E-state index contributed by atoms with van der Waals surface area (Å²) in [7, 11) is 0. The summed E-state index contributed by atoms with van der Waals surface area (Å²) in [6.07, 6.45) is 2.93. The van der Waals surface area contributed by atoms with E-state index in [9.17, 15) is 9.18 Å². The van der Waals surface area contributed by atoms with Gasteiger partial charge in [-0.05, 0) is 31.0 Å². The molecule has 134 valence electrons. The zero-order valence-corrected chi connectivity index (χ0v) is 14.6. The molecule has 5 nitrogen and oxygen atoms in total. The SMILES string of the molecule is CCC(CC)(CN)C(=O)NCc1cccnc1Oc1cccc(F)c1. The summed E-state index contributed by atoms with van der Waals surface area (Å²) >= 11 is 0. The molecule has 0 aliphatic carbocycles. The Morgan fingerprint density at radius 1 is 1.28 bits per heavy atom. The molecule has 0 spiro atoms. The van der Waals surface area contributed by atoms with Crippen LogP contribution in [0, 0.1) is 11.2 Å². The van der Waals surface area contributed by atoms with Gasteiger partial charge in [-0.3, -0.25) is 4.79 Å². The van der Waals surface area contributed by atoms with Crippen molar-refractivity contribution in [3.8, 4) is 11.6 Å². The lowest BCUT2D eigenvalue weighted by atomic mass is 9.81. The Balaban J connectivity index is 2.12. The van der Waals surface area contributed by atoms with Crippen molar-refractivity contribution in [2.45, 2.75) is 33.2 Å². The van der Waals surface area contributed by atoms with Crippen LogP contribution in [0.4, 0.5) is 4.39 Å². The number of nitrogens with two attached hydrogens (primary N) is 1. The van der Waals surface area contributed by atoms with Gasteiger partial charge in [-0.25, -0.2) is 9.37 Å². The molecule has 1 amide bonds. The quantitative estimate of drug-likeness (QED) is 0.769. The summed E-state index contributed by atoms with van der Waals surface area (Å²) in [4.78, 5) is 16.7. The van der Waals surface area contributed by atoms with Gasteiger partial charge in [0.1, 0.15) is 11.6 Å². The number of pyridine rings is 1. The van der Waals surface area contributed by atoms with Crippen LogP contribution in [0.1, 0.15) is 32.3 Å². The Hall–Kier alpha value is -2.47. The standard InChI is InChI=1S/C19H24FN3O2/c1-3-19(4-2,13-21)18(24)23-12-14-7-6-10-22-17(14)25-16-9-5-8-15(20)11-16/h5-11H,3-4,12-13,21H2,1-2H3,(H,23,24). The number of hydrogen-bond donors (Lipinski definition) is 2. The van der Waals surface area contributed by atoms with E-state index in [1.165, 1.54) is 12.1 Å². The van der Waals surface area contributed by atoms with E-state index < -0.39 is 5.41 Å². The van der Waals surface area contributed by atoms with E-state index in [4.69, 9.17) is 10.5 Å². The fourth-order valence-corrected chi connectivity index (χ4v) is 2.61. The number of ether oxygens (including phenoxy) is 1. The number of carbonyl (C=O) groups is 1. The second-order valence-electron chi connectivity index (χ2n) is 5.90. The normalized spacial score (nSPS) is 11.2. The van der Waals surface area contributed by atoms with E-state index in [2.05, 4.69) is 10.3 Å². The first-order chi connectivity index (χ1) is 12.0. The summed E-state index contributed by atoms with van der Waals surface area (Å²) in [5.41, 5.74) is 5.95. The highest BCUT2D eigenvalue weighted by Crippen LogP contribution is 2.26. The number of rotatable bonds is 8. The lowest BCUT2D eigenvalue weighted by Gasteiger charge is -2.28. The minimum Gasteiger partial charge on any atom is -0.439 e. The van der Waals surface area contributed by atoms with Crippen molar-refractivity contribution in [3.05, 3.63) is 54.0 Å². The lowest BCUT2D eigenvalue weighted by Crippen LogP contribution is -2.45. The average molecular weight is 345 g/mol. The minimum atomic E-state index is -0.564. The third-order valence-electron chi connectivity index (χ3n) is 4.53. The van der Waals surface area contributed by atoms with Gasteiger partial charge in [0.05, 0.1) is 5.41 Å². The zero-order chi connectivity index (χ0) is 18.3. The molecule has 2 rings (SSSR count). The van der Waals surface area contributed by atoms with Crippen LogP contribution in [0.3, 0.4) is 0 Å². The first kappa shape index (κ1) is 18.9. The molecule has 1 aromatic heterocycles. The van der Waals surface area contributed by atoms with Crippen LogP contribution in [0.25, 0.3) is 0 Å². The number of hydrogen-bond acceptors (Lipinski definition) is 4. The van der Waals surface area contributed by atoms with Gasteiger partial charge in [-0.1, -0.05) is 26.0 Å². The van der Waals surface area contributed by atoms with Crippen molar-refractivity contribution < 1.29 is 13.9 Å². The lowest BCUT2D eigenvalue weighted by molar-refractivity contribution is -0.131. The van der Waals surface area contributed by atoms with Gasteiger partial charge in [0, 0.05) is 30.9 Å². The van der Waals surface area contributed by atoms with E-state index in [0.29, 0.717) is 36.6 Å². The van der Waals surface area contributed by atoms with Gasteiger partial charge in [0.2, 0.25) is 11.8 Å². The fourth-order valence-electron chi connectivity index (χ4n) is 2.61. The van der Waals surface area contributed by atoms with E-state index >= 15 is 0 Å². The molecule has 2 aromatic rings. The van der Waals surface area contributed by atoms with Gasteiger partial charge in [0.15, 0.2) is 0 Å². The van der Waals surface area contributed by atoms with Gasteiger partial charge in [-0.2, -0.15) is 0 Å². The Morgan fingerprint density at radius 3 is 2.68 bits per heavy atom. The maximum Gasteiger partial charge on any atom is 0.227 e. The smallest absolute Gasteiger partial charge is 0.227 e. The third kappa shape index (κ3) is 4.54. The molecule has 0 atom stereocenters. The summed E-state index contributed by atoms with van der Waals surface area (Å²) in [6, 6.07) is 9.40. The molecule has 1 heterocycles. The van der Waals surface area contributed by atoms with E-state index in [0.717, 1.165) is 0 Å². The highest BCUT2D eigenvalue weighted by molar-refractivity contribution is 5.82. The van der Waals surface area contributed by atoms with Gasteiger partial charge in [-0.15, -0.1) is 0 Å². The molecule has 3 N–H and O–H groups in total. The fraction of sp³-hybridized carbons (Fsp3) is 0.368. The van der Waals surface area contributed by atoms with Crippen molar-refractivity contribution in [2.75, 3.05) is 6.54 Å². The number of amides is 1.